The fourth-order valence-electron chi connectivity index (χ4n) is 6.87. The van der Waals surface area contributed by atoms with Crippen molar-refractivity contribution < 1.29 is 28.7 Å². The van der Waals surface area contributed by atoms with Crippen molar-refractivity contribution in [3.05, 3.63) is 0 Å². The zero-order chi connectivity index (χ0) is 35.9. The van der Waals surface area contributed by atoms with E-state index in [-0.39, 0.29) is 59.4 Å². The summed E-state index contributed by atoms with van der Waals surface area (Å²) in [5, 5.41) is 6.75. The van der Waals surface area contributed by atoms with Crippen LogP contribution < -0.4 is 10.6 Å². The molecule has 1 fully saturated rings. The third-order valence-corrected chi connectivity index (χ3v) is 12.0. The molecule has 48 heavy (non-hydrogen) atoms. The van der Waals surface area contributed by atoms with E-state index in [9.17, 15) is 24.0 Å². The van der Waals surface area contributed by atoms with E-state index in [1.807, 2.05) is 13.8 Å². The fourth-order valence-corrected chi connectivity index (χ4v) is 8.20. The van der Waals surface area contributed by atoms with Crippen molar-refractivity contribution in [2.45, 2.75) is 151 Å². The first kappa shape index (κ1) is 40.0. The molecule has 0 aliphatic carbocycles. The molecule has 3 amide bonds. The molecular formula is C37H62N4O6S. The number of rotatable bonds is 2. The number of thioether (sulfide) groups is 1. The number of hydrogen-bond acceptors (Lipinski definition) is 8. The number of amides is 3. The first-order valence-corrected chi connectivity index (χ1v) is 19.2. The molecule has 0 aromatic heterocycles. The van der Waals surface area contributed by atoms with Crippen LogP contribution in [0.25, 0.3) is 0 Å². The van der Waals surface area contributed by atoms with Gasteiger partial charge in [-0.3, -0.25) is 24.2 Å². The lowest BCUT2D eigenvalue weighted by Crippen LogP contribution is -2.57. The number of esters is 1. The second-order valence-corrected chi connectivity index (χ2v) is 17.1. The van der Waals surface area contributed by atoms with Crippen molar-refractivity contribution in [1.82, 2.24) is 15.5 Å². The standard InChI is InChI=1S/C37H62N4O6S/c1-11-22(3)31-35(45)41-16-12-13-29(41)36(46)47-30(37(8,9)10)18-21(2)17-23(4)25(6)34-39-27(20-48-34)14-15-28(42)19-24(5)32(43)38-26(7)33(44)40-31/h21-27,29-31H,11-20H2,1-10H3,(H,38,43)(H,40,44)/t21-,22-,23-,24+,25-,26-,27+,29-,30-,31-/m0/s1. The Balaban J connectivity index is 1.89. The normalized spacial score (nSPS) is 35.0. The maximum Gasteiger partial charge on any atom is 0.329 e. The van der Waals surface area contributed by atoms with Crippen molar-refractivity contribution in [3.63, 3.8) is 0 Å². The first-order chi connectivity index (χ1) is 22.4. The van der Waals surface area contributed by atoms with Crippen LogP contribution in [0.3, 0.4) is 0 Å². The molecule has 1 saturated heterocycles. The monoisotopic (exact) mass is 690 g/mol. The average Bonchev–Trinajstić information content (AvgIpc) is 3.70. The van der Waals surface area contributed by atoms with Gasteiger partial charge in [-0.05, 0) is 62.2 Å². The SMILES string of the molecule is CC[C@H](C)[C@@H]1NC(=O)[C@H](C)NC(=O)[C@H](C)CC(=O)CC[C@@H]2CSC(=N2)[C@@H](C)[C@@H](C)C[C@H](C)C[C@@H](C(C)(C)C)OC(=O)[C@@H]2CCCN2C1=O. The number of ether oxygens (including phenoxy) is 1. The molecule has 0 aromatic carbocycles. The lowest BCUT2D eigenvalue weighted by Gasteiger charge is -2.36. The molecule has 3 rings (SSSR count). The van der Waals surface area contributed by atoms with Crippen LogP contribution in [0.1, 0.15) is 121 Å². The summed E-state index contributed by atoms with van der Waals surface area (Å²) in [5.74, 6) is -0.545. The van der Waals surface area contributed by atoms with E-state index in [2.05, 4.69) is 52.2 Å². The van der Waals surface area contributed by atoms with E-state index in [1.165, 1.54) is 0 Å². The van der Waals surface area contributed by atoms with E-state index in [1.54, 1.807) is 30.5 Å². The molecule has 0 saturated carbocycles. The summed E-state index contributed by atoms with van der Waals surface area (Å²) in [6, 6.07) is -2.40. The summed E-state index contributed by atoms with van der Waals surface area (Å²) >= 11 is 1.78. The van der Waals surface area contributed by atoms with Crippen LogP contribution in [-0.2, 0) is 28.7 Å². The Morgan fingerprint density at radius 1 is 0.979 bits per heavy atom. The maximum atomic E-state index is 14.0. The van der Waals surface area contributed by atoms with Gasteiger partial charge in [0.25, 0.3) is 0 Å². The van der Waals surface area contributed by atoms with Crippen LogP contribution in [0.5, 0.6) is 0 Å². The molecule has 2 bridgehead atoms. The number of carbonyl (C=O) groups is 5. The van der Waals surface area contributed by atoms with Gasteiger partial charge in [0.15, 0.2) is 0 Å². The number of nitrogens with zero attached hydrogens (tertiary/aromatic N) is 2. The largest absolute Gasteiger partial charge is 0.460 e. The predicted octanol–water partition coefficient (Wildman–Crippen LogP) is 5.56. The minimum Gasteiger partial charge on any atom is -0.460 e. The zero-order valence-corrected chi connectivity index (χ0v) is 31.9. The highest BCUT2D eigenvalue weighted by atomic mass is 32.2. The van der Waals surface area contributed by atoms with Gasteiger partial charge >= 0.3 is 5.97 Å². The van der Waals surface area contributed by atoms with Crippen LogP contribution in [0.2, 0.25) is 0 Å². The molecule has 10 nitrogen and oxygen atoms in total. The van der Waals surface area contributed by atoms with Gasteiger partial charge < -0.3 is 20.3 Å². The predicted molar refractivity (Wildman–Crippen MR) is 191 cm³/mol. The summed E-state index contributed by atoms with van der Waals surface area (Å²) in [6.45, 7) is 20.5. The lowest BCUT2D eigenvalue weighted by molar-refractivity contribution is -0.164. The molecule has 3 aliphatic heterocycles. The number of hydrogen-bond donors (Lipinski definition) is 2. The molecular weight excluding hydrogens is 628 g/mol. The van der Waals surface area contributed by atoms with E-state index in [0.717, 1.165) is 17.2 Å². The van der Waals surface area contributed by atoms with E-state index in [4.69, 9.17) is 9.73 Å². The summed E-state index contributed by atoms with van der Waals surface area (Å²) < 4.78 is 6.28. The van der Waals surface area contributed by atoms with Gasteiger partial charge in [-0.2, -0.15) is 0 Å². The van der Waals surface area contributed by atoms with Gasteiger partial charge in [0, 0.05) is 37.0 Å². The Labute approximate surface area is 293 Å². The molecule has 3 heterocycles. The van der Waals surface area contributed by atoms with Crippen molar-refractivity contribution in [2.75, 3.05) is 12.3 Å². The quantitative estimate of drug-likeness (QED) is 0.363. The van der Waals surface area contributed by atoms with E-state index in [0.29, 0.717) is 56.9 Å². The Kier molecular flexibility index (Phi) is 14.6. The highest BCUT2D eigenvalue weighted by Gasteiger charge is 2.42. The highest BCUT2D eigenvalue weighted by molar-refractivity contribution is 8.14. The van der Waals surface area contributed by atoms with Crippen molar-refractivity contribution >= 4 is 46.3 Å². The summed E-state index contributed by atoms with van der Waals surface area (Å²) in [4.78, 5) is 73.6. The Morgan fingerprint density at radius 2 is 1.67 bits per heavy atom. The van der Waals surface area contributed by atoms with Gasteiger partial charge in [0.05, 0.1) is 11.1 Å². The van der Waals surface area contributed by atoms with E-state index < -0.39 is 30.0 Å². The van der Waals surface area contributed by atoms with Crippen molar-refractivity contribution in [1.29, 1.82) is 0 Å². The molecule has 272 valence electrons. The minimum absolute atomic E-state index is 0.0111. The number of ketones is 1. The summed E-state index contributed by atoms with van der Waals surface area (Å²) in [7, 11) is 0. The minimum atomic E-state index is -0.912. The molecule has 0 aromatic rings. The molecule has 11 heteroatoms. The van der Waals surface area contributed by atoms with Gasteiger partial charge in [0.1, 0.15) is 30.0 Å². The number of cyclic esters (lactones) is 1. The van der Waals surface area contributed by atoms with E-state index >= 15 is 0 Å². The summed E-state index contributed by atoms with van der Waals surface area (Å²) in [5.41, 5.74) is -0.294. The van der Waals surface area contributed by atoms with Crippen LogP contribution in [0, 0.1) is 35.0 Å². The van der Waals surface area contributed by atoms with Gasteiger partial charge in [-0.25, -0.2) is 4.79 Å². The fraction of sp³-hybridized carbons (Fsp3) is 0.838. The number of fused-ring (bicyclic) bond motifs is 2. The van der Waals surface area contributed by atoms with Crippen LogP contribution in [0.4, 0.5) is 0 Å². The number of Topliss-reactive ketones (excluding diaryl/α,β-unsaturated/α-hetero) is 1. The molecule has 10 atom stereocenters. The van der Waals surface area contributed by atoms with Crippen LogP contribution in [-0.4, -0.2) is 82.0 Å². The molecule has 3 aliphatic rings. The average molecular weight is 691 g/mol. The smallest absolute Gasteiger partial charge is 0.329 e. The number of aliphatic imine (C=N–C) groups is 1. The molecule has 2 N–H and O–H groups in total. The Bertz CT molecular complexity index is 1200. The molecule has 0 unspecified atom stereocenters. The van der Waals surface area contributed by atoms with Gasteiger partial charge in [-0.15, -0.1) is 11.8 Å². The second kappa shape index (κ2) is 17.5. The Morgan fingerprint density at radius 3 is 2.31 bits per heavy atom. The van der Waals surface area contributed by atoms with Crippen LogP contribution in [0.15, 0.2) is 4.99 Å². The first-order valence-electron chi connectivity index (χ1n) is 18.3. The molecule has 0 radical (unpaired) electrons. The number of nitrogens with one attached hydrogen (secondary N) is 2. The maximum absolute atomic E-state index is 14.0. The van der Waals surface area contributed by atoms with Crippen LogP contribution >= 0.6 is 11.8 Å². The molecule has 0 spiro atoms. The summed E-state index contributed by atoms with van der Waals surface area (Å²) in [6.07, 6.45) is 4.26. The van der Waals surface area contributed by atoms with Gasteiger partial charge in [-0.1, -0.05) is 68.7 Å². The zero-order valence-electron chi connectivity index (χ0n) is 31.1. The topological polar surface area (TPSA) is 134 Å². The Hall–Kier alpha value is -2.43. The highest BCUT2D eigenvalue weighted by Crippen LogP contribution is 2.35. The third kappa shape index (κ3) is 10.8. The second-order valence-electron chi connectivity index (χ2n) is 16.0. The lowest BCUT2D eigenvalue weighted by atomic mass is 9.80. The van der Waals surface area contributed by atoms with Gasteiger partial charge in [0.2, 0.25) is 17.7 Å². The third-order valence-electron chi connectivity index (χ3n) is 10.7. The van der Waals surface area contributed by atoms with Crippen molar-refractivity contribution in [2.24, 2.45) is 40.0 Å². The van der Waals surface area contributed by atoms with Crippen molar-refractivity contribution in [3.8, 4) is 0 Å². The number of carbonyl (C=O) groups excluding carboxylic acids is 5.